The maximum Gasteiger partial charge on any atom is 0.155 e. The van der Waals surface area contributed by atoms with Crippen LogP contribution in [-0.2, 0) is 16.5 Å². The summed E-state index contributed by atoms with van der Waals surface area (Å²) in [6, 6.07) is 9.46. The predicted octanol–water partition coefficient (Wildman–Crippen LogP) is 1.45. The maximum absolute atomic E-state index is 4.46. The molecule has 0 amide bonds. The van der Waals surface area contributed by atoms with Crippen LogP contribution in [0.25, 0.3) is 11.6 Å². The summed E-state index contributed by atoms with van der Waals surface area (Å²) in [5.74, 6) is 1.55. The molecule has 0 N–H and O–H groups in total. The molecule has 0 spiro atoms. The first-order valence-electron chi connectivity index (χ1n) is 4.90. The normalized spacial score (nSPS) is 9.88. The van der Waals surface area contributed by atoms with Crippen LogP contribution in [0.4, 0.5) is 0 Å². The molecule has 17 heavy (non-hydrogen) atoms. The molecule has 0 saturated heterocycles. The van der Waals surface area contributed by atoms with Crippen LogP contribution in [0.3, 0.4) is 0 Å². The second-order valence-corrected chi connectivity index (χ2v) is 3.26. The van der Waals surface area contributed by atoms with Crippen LogP contribution in [0.2, 0.25) is 0 Å². The second-order valence-electron chi connectivity index (χ2n) is 3.26. The Morgan fingerprint density at radius 2 is 1.29 bits per heavy atom. The fourth-order valence-electron chi connectivity index (χ4n) is 1.48. The first kappa shape index (κ1) is 11.5. The summed E-state index contributed by atoms with van der Waals surface area (Å²) in [6.07, 6.45) is 7.16. The largest absolute Gasteiger partial charge is 0.223 e. The molecule has 3 aromatic heterocycles. The number of hydrogen-bond donors (Lipinski definition) is 0. The van der Waals surface area contributed by atoms with E-state index in [-0.39, 0.29) is 16.5 Å². The summed E-state index contributed by atoms with van der Waals surface area (Å²) < 4.78 is 3.43. The molecular formula is C11H9N5Ni. The molecule has 0 radical (unpaired) electrons. The van der Waals surface area contributed by atoms with Crippen LogP contribution < -0.4 is 0 Å². The van der Waals surface area contributed by atoms with E-state index >= 15 is 0 Å². The zero-order valence-corrected chi connectivity index (χ0v) is 9.74. The van der Waals surface area contributed by atoms with Crippen LogP contribution in [0.1, 0.15) is 0 Å². The van der Waals surface area contributed by atoms with E-state index < -0.39 is 0 Å². The van der Waals surface area contributed by atoms with Gasteiger partial charge in [-0.25, -0.2) is 14.3 Å². The van der Waals surface area contributed by atoms with Crippen molar-refractivity contribution in [3.63, 3.8) is 0 Å². The minimum Gasteiger partial charge on any atom is -0.223 e. The van der Waals surface area contributed by atoms with Gasteiger partial charge in [0.2, 0.25) is 0 Å². The van der Waals surface area contributed by atoms with Crippen molar-refractivity contribution in [2.24, 2.45) is 0 Å². The Kier molecular flexibility index (Phi) is 3.35. The Hall–Kier alpha value is -1.94. The Balaban J connectivity index is 0.00000108. The molecule has 0 bridgehead atoms. The molecule has 0 aliphatic carbocycles. The molecule has 0 fully saturated rings. The number of hydrogen-bond acceptors (Lipinski definition) is 3. The summed E-state index contributed by atoms with van der Waals surface area (Å²) in [6.45, 7) is 0. The molecule has 0 atom stereocenters. The topological polar surface area (TPSA) is 48.5 Å². The maximum atomic E-state index is 4.46. The molecule has 0 saturated carbocycles. The van der Waals surface area contributed by atoms with Crippen molar-refractivity contribution in [2.45, 2.75) is 0 Å². The first-order chi connectivity index (χ1) is 7.93. The van der Waals surface area contributed by atoms with Crippen molar-refractivity contribution >= 4 is 0 Å². The van der Waals surface area contributed by atoms with Crippen molar-refractivity contribution in [1.29, 1.82) is 0 Å². The minimum atomic E-state index is 0. The van der Waals surface area contributed by atoms with Gasteiger partial charge in [0.1, 0.15) is 0 Å². The van der Waals surface area contributed by atoms with Crippen molar-refractivity contribution < 1.29 is 16.5 Å². The van der Waals surface area contributed by atoms with Gasteiger partial charge in [0.05, 0.1) is 0 Å². The van der Waals surface area contributed by atoms with Gasteiger partial charge in [-0.05, 0) is 24.3 Å². The number of nitrogens with zero attached hydrogens (tertiary/aromatic N) is 5. The van der Waals surface area contributed by atoms with Gasteiger partial charge in [0.15, 0.2) is 11.6 Å². The summed E-state index contributed by atoms with van der Waals surface area (Å²) in [7, 11) is 0. The third kappa shape index (κ3) is 2.26. The van der Waals surface area contributed by atoms with E-state index in [4.69, 9.17) is 0 Å². The molecule has 0 aromatic carbocycles. The monoisotopic (exact) mass is 269 g/mol. The quantitative estimate of drug-likeness (QED) is 0.662. The Morgan fingerprint density at radius 3 is 1.71 bits per heavy atom. The Labute approximate surface area is 108 Å². The molecule has 5 nitrogen and oxygen atoms in total. The fraction of sp³-hybridized carbons (Fsp3) is 0. The third-order valence-electron chi connectivity index (χ3n) is 2.20. The van der Waals surface area contributed by atoms with Gasteiger partial charge < -0.3 is 0 Å². The SMILES string of the molecule is [Ni].c1cc(-n2cccn2)nc(-n2cccn2)c1. The van der Waals surface area contributed by atoms with E-state index in [9.17, 15) is 0 Å². The Bertz CT molecular complexity index is 524. The van der Waals surface area contributed by atoms with Gasteiger partial charge in [0.25, 0.3) is 0 Å². The Morgan fingerprint density at radius 1 is 0.765 bits per heavy atom. The van der Waals surface area contributed by atoms with E-state index in [1.54, 1.807) is 21.8 Å². The van der Waals surface area contributed by atoms with Crippen LogP contribution in [0.15, 0.2) is 55.1 Å². The predicted molar refractivity (Wildman–Crippen MR) is 58.5 cm³/mol. The van der Waals surface area contributed by atoms with E-state index in [1.807, 2.05) is 42.7 Å². The number of aromatic nitrogens is 5. The zero-order chi connectivity index (χ0) is 10.8. The molecule has 6 heteroatoms. The average molecular weight is 270 g/mol. The van der Waals surface area contributed by atoms with Crippen molar-refractivity contribution in [3.8, 4) is 11.6 Å². The molecule has 0 unspecified atom stereocenters. The molecule has 0 aliphatic heterocycles. The summed E-state index contributed by atoms with van der Waals surface area (Å²) in [4.78, 5) is 4.46. The van der Waals surface area contributed by atoms with Crippen molar-refractivity contribution in [3.05, 3.63) is 55.1 Å². The number of rotatable bonds is 2. The van der Waals surface area contributed by atoms with Gasteiger partial charge >= 0.3 is 0 Å². The first-order valence-corrected chi connectivity index (χ1v) is 4.90. The van der Waals surface area contributed by atoms with Gasteiger partial charge in [-0.3, -0.25) is 0 Å². The van der Waals surface area contributed by atoms with Gasteiger partial charge in [-0.15, -0.1) is 0 Å². The van der Waals surface area contributed by atoms with E-state index in [1.165, 1.54) is 0 Å². The van der Waals surface area contributed by atoms with Crippen LogP contribution in [0.5, 0.6) is 0 Å². The van der Waals surface area contributed by atoms with Crippen molar-refractivity contribution in [1.82, 2.24) is 24.5 Å². The average Bonchev–Trinajstić information content (AvgIpc) is 3.03. The molecule has 3 aromatic rings. The summed E-state index contributed by atoms with van der Waals surface area (Å²) in [5, 5.41) is 8.27. The minimum absolute atomic E-state index is 0. The fourth-order valence-corrected chi connectivity index (χ4v) is 1.48. The molecule has 3 heterocycles. The smallest absolute Gasteiger partial charge is 0.155 e. The van der Waals surface area contributed by atoms with E-state index in [2.05, 4.69) is 15.2 Å². The molecule has 3 rings (SSSR count). The van der Waals surface area contributed by atoms with Gasteiger partial charge in [-0.2, -0.15) is 10.2 Å². The standard InChI is InChI=1S/C11H9N5.Ni/c1-4-10(15-8-2-6-12-15)14-11(5-1)16-9-3-7-13-16;/h1-9H;. The van der Waals surface area contributed by atoms with Gasteiger partial charge in [-0.1, -0.05) is 6.07 Å². The molecule has 88 valence electrons. The number of pyridine rings is 1. The van der Waals surface area contributed by atoms with Gasteiger partial charge in [0, 0.05) is 41.3 Å². The second kappa shape index (κ2) is 4.93. The van der Waals surface area contributed by atoms with E-state index in [0.717, 1.165) is 11.6 Å². The summed E-state index contributed by atoms with van der Waals surface area (Å²) in [5.41, 5.74) is 0. The van der Waals surface area contributed by atoms with Crippen molar-refractivity contribution in [2.75, 3.05) is 0 Å². The zero-order valence-electron chi connectivity index (χ0n) is 8.75. The molecule has 0 aliphatic rings. The van der Waals surface area contributed by atoms with E-state index in [0.29, 0.717) is 0 Å². The molecular weight excluding hydrogens is 261 g/mol. The third-order valence-corrected chi connectivity index (χ3v) is 2.20. The van der Waals surface area contributed by atoms with Crippen LogP contribution >= 0.6 is 0 Å². The van der Waals surface area contributed by atoms with Crippen LogP contribution in [0, 0.1) is 0 Å². The van der Waals surface area contributed by atoms with Crippen LogP contribution in [-0.4, -0.2) is 24.5 Å². The summed E-state index contributed by atoms with van der Waals surface area (Å²) >= 11 is 0.